The number of carbonyl (C=O) groups is 2. The van der Waals surface area contributed by atoms with Gasteiger partial charge in [0, 0.05) is 24.0 Å². The van der Waals surface area contributed by atoms with Gasteiger partial charge in [-0.3, -0.25) is 14.4 Å². The minimum absolute atomic E-state index is 0.0820. The number of aromatic nitrogens is 1. The Bertz CT molecular complexity index is 687. The van der Waals surface area contributed by atoms with E-state index in [-0.39, 0.29) is 36.2 Å². The number of thiazole rings is 1. The molecule has 0 aromatic carbocycles. The molecule has 0 atom stereocenters. The SMILES string of the molecule is Cc1csc(=O)n1CCC(=O)NCC(=O)NCc1ccco1. The van der Waals surface area contributed by atoms with E-state index in [0.717, 1.165) is 17.0 Å². The number of rotatable bonds is 7. The monoisotopic (exact) mass is 323 g/mol. The van der Waals surface area contributed by atoms with Crippen LogP contribution in [0.1, 0.15) is 17.9 Å². The second kappa shape index (κ2) is 7.60. The lowest BCUT2D eigenvalue weighted by molar-refractivity contribution is -0.126. The first-order valence-corrected chi connectivity index (χ1v) is 7.65. The van der Waals surface area contributed by atoms with Crippen LogP contribution in [0.3, 0.4) is 0 Å². The van der Waals surface area contributed by atoms with Crippen LogP contribution in [-0.4, -0.2) is 22.9 Å². The molecular weight excluding hydrogens is 306 g/mol. The maximum atomic E-state index is 11.7. The molecule has 0 saturated carbocycles. The van der Waals surface area contributed by atoms with Crippen LogP contribution in [0.5, 0.6) is 0 Å². The zero-order valence-electron chi connectivity index (χ0n) is 12.1. The van der Waals surface area contributed by atoms with Crippen LogP contribution in [0.4, 0.5) is 0 Å². The third kappa shape index (κ3) is 4.59. The highest BCUT2D eigenvalue weighted by Gasteiger charge is 2.08. The van der Waals surface area contributed by atoms with Gasteiger partial charge < -0.3 is 19.6 Å². The highest BCUT2D eigenvalue weighted by atomic mass is 32.1. The molecule has 2 N–H and O–H groups in total. The van der Waals surface area contributed by atoms with E-state index in [0.29, 0.717) is 12.3 Å². The van der Waals surface area contributed by atoms with Crippen molar-refractivity contribution >= 4 is 23.2 Å². The molecule has 0 bridgehead atoms. The molecule has 2 rings (SSSR count). The Kier molecular flexibility index (Phi) is 5.54. The van der Waals surface area contributed by atoms with Gasteiger partial charge in [0.05, 0.1) is 19.4 Å². The summed E-state index contributed by atoms with van der Waals surface area (Å²) in [6, 6.07) is 3.48. The van der Waals surface area contributed by atoms with Crippen LogP contribution in [0.25, 0.3) is 0 Å². The van der Waals surface area contributed by atoms with E-state index in [9.17, 15) is 14.4 Å². The molecule has 0 saturated heterocycles. The van der Waals surface area contributed by atoms with Crippen LogP contribution >= 0.6 is 11.3 Å². The zero-order chi connectivity index (χ0) is 15.9. The predicted molar refractivity (Wildman–Crippen MR) is 81.5 cm³/mol. The van der Waals surface area contributed by atoms with Gasteiger partial charge >= 0.3 is 4.87 Å². The molecule has 2 amide bonds. The number of aryl methyl sites for hydroxylation is 1. The lowest BCUT2D eigenvalue weighted by atomic mass is 10.3. The average Bonchev–Trinajstić information content (AvgIpc) is 3.12. The van der Waals surface area contributed by atoms with E-state index < -0.39 is 0 Å². The summed E-state index contributed by atoms with van der Waals surface area (Å²) in [5.41, 5.74) is 0.832. The van der Waals surface area contributed by atoms with Crippen molar-refractivity contribution in [2.45, 2.75) is 26.4 Å². The predicted octanol–water partition coefficient (Wildman–Crippen LogP) is 0.634. The Hall–Kier alpha value is -2.35. The fraction of sp³-hybridized carbons (Fsp3) is 0.357. The number of carbonyl (C=O) groups excluding carboxylic acids is 2. The molecule has 0 spiro atoms. The topological polar surface area (TPSA) is 93.3 Å². The van der Waals surface area contributed by atoms with Crippen LogP contribution in [0.15, 0.2) is 33.0 Å². The van der Waals surface area contributed by atoms with Crippen molar-refractivity contribution in [1.82, 2.24) is 15.2 Å². The third-order valence-corrected chi connectivity index (χ3v) is 3.91. The van der Waals surface area contributed by atoms with E-state index in [1.54, 1.807) is 22.1 Å². The number of hydrogen-bond acceptors (Lipinski definition) is 5. The summed E-state index contributed by atoms with van der Waals surface area (Å²) in [7, 11) is 0. The molecule has 2 aromatic rings. The number of hydrogen-bond donors (Lipinski definition) is 2. The second-order valence-electron chi connectivity index (χ2n) is 4.68. The van der Waals surface area contributed by atoms with Crippen molar-refractivity contribution in [2.24, 2.45) is 0 Å². The van der Waals surface area contributed by atoms with Crippen molar-refractivity contribution in [2.75, 3.05) is 6.54 Å². The lowest BCUT2D eigenvalue weighted by Crippen LogP contribution is -2.37. The maximum absolute atomic E-state index is 11.7. The largest absolute Gasteiger partial charge is 0.467 e. The summed E-state index contributed by atoms with van der Waals surface area (Å²) in [4.78, 5) is 34.7. The summed E-state index contributed by atoms with van der Waals surface area (Å²) in [6.45, 7) is 2.31. The Morgan fingerprint density at radius 2 is 2.14 bits per heavy atom. The van der Waals surface area contributed by atoms with Crippen LogP contribution in [-0.2, 0) is 22.7 Å². The molecule has 0 aliphatic carbocycles. The fourth-order valence-electron chi connectivity index (χ4n) is 1.82. The Morgan fingerprint density at radius 3 is 2.77 bits per heavy atom. The van der Waals surface area contributed by atoms with Gasteiger partial charge in [-0.15, -0.1) is 0 Å². The van der Waals surface area contributed by atoms with Crippen molar-refractivity contribution in [3.8, 4) is 0 Å². The zero-order valence-corrected chi connectivity index (χ0v) is 12.9. The summed E-state index contributed by atoms with van der Waals surface area (Å²) in [5.74, 6) is 0.0752. The first-order chi connectivity index (χ1) is 10.6. The fourth-order valence-corrected chi connectivity index (χ4v) is 2.58. The minimum atomic E-state index is -0.298. The first-order valence-electron chi connectivity index (χ1n) is 6.77. The molecule has 0 fully saturated rings. The third-order valence-electron chi connectivity index (χ3n) is 3.02. The summed E-state index contributed by atoms with van der Waals surface area (Å²) >= 11 is 1.11. The van der Waals surface area contributed by atoms with Crippen LogP contribution in [0, 0.1) is 6.92 Å². The quantitative estimate of drug-likeness (QED) is 0.782. The number of furan rings is 1. The van der Waals surface area contributed by atoms with Crippen molar-refractivity contribution in [3.05, 3.63) is 44.9 Å². The number of amides is 2. The van der Waals surface area contributed by atoms with Crippen LogP contribution < -0.4 is 15.5 Å². The minimum Gasteiger partial charge on any atom is -0.467 e. The molecular formula is C14H17N3O4S. The molecule has 0 aliphatic rings. The molecule has 2 heterocycles. The van der Waals surface area contributed by atoms with Gasteiger partial charge in [-0.2, -0.15) is 0 Å². The van der Waals surface area contributed by atoms with Gasteiger partial charge in [0.2, 0.25) is 11.8 Å². The van der Waals surface area contributed by atoms with E-state index in [1.165, 1.54) is 6.26 Å². The smallest absolute Gasteiger partial charge is 0.307 e. The normalized spacial score (nSPS) is 10.4. The summed E-state index contributed by atoms with van der Waals surface area (Å²) in [6.07, 6.45) is 1.68. The summed E-state index contributed by atoms with van der Waals surface area (Å²) < 4.78 is 6.62. The molecule has 0 unspecified atom stereocenters. The Balaban J connectivity index is 1.67. The van der Waals surface area contributed by atoms with Gasteiger partial charge in [-0.05, 0) is 19.1 Å². The number of nitrogens with zero attached hydrogens (tertiary/aromatic N) is 1. The Labute approximate surface area is 130 Å². The first kappa shape index (κ1) is 16.0. The molecule has 8 heteroatoms. The molecule has 0 aliphatic heterocycles. The van der Waals surface area contributed by atoms with E-state index in [2.05, 4.69) is 10.6 Å². The van der Waals surface area contributed by atoms with Crippen LogP contribution in [0.2, 0.25) is 0 Å². The molecule has 0 radical (unpaired) electrons. The molecule has 2 aromatic heterocycles. The van der Waals surface area contributed by atoms with Gasteiger partial charge in [-0.1, -0.05) is 11.3 Å². The summed E-state index contributed by atoms with van der Waals surface area (Å²) in [5, 5.41) is 6.90. The number of nitrogens with one attached hydrogen (secondary N) is 2. The van der Waals surface area contributed by atoms with Crippen molar-refractivity contribution in [1.29, 1.82) is 0 Å². The van der Waals surface area contributed by atoms with E-state index in [1.807, 2.05) is 6.92 Å². The highest BCUT2D eigenvalue weighted by molar-refractivity contribution is 7.07. The van der Waals surface area contributed by atoms with E-state index in [4.69, 9.17) is 4.42 Å². The highest BCUT2D eigenvalue weighted by Crippen LogP contribution is 2.00. The average molecular weight is 323 g/mol. The molecule has 22 heavy (non-hydrogen) atoms. The van der Waals surface area contributed by atoms with Gasteiger partial charge in [0.15, 0.2) is 0 Å². The van der Waals surface area contributed by atoms with Crippen molar-refractivity contribution < 1.29 is 14.0 Å². The molecule has 118 valence electrons. The van der Waals surface area contributed by atoms with E-state index >= 15 is 0 Å². The lowest BCUT2D eigenvalue weighted by Gasteiger charge is -2.07. The van der Waals surface area contributed by atoms with Gasteiger partial charge in [0.1, 0.15) is 5.76 Å². The van der Waals surface area contributed by atoms with Crippen molar-refractivity contribution in [3.63, 3.8) is 0 Å². The molecule has 7 nitrogen and oxygen atoms in total. The Morgan fingerprint density at radius 1 is 1.32 bits per heavy atom. The second-order valence-corrected chi connectivity index (χ2v) is 5.50. The van der Waals surface area contributed by atoms with Gasteiger partial charge in [0.25, 0.3) is 0 Å². The van der Waals surface area contributed by atoms with Gasteiger partial charge in [-0.25, -0.2) is 0 Å². The maximum Gasteiger partial charge on any atom is 0.307 e. The standard InChI is InChI=1S/C14H17N3O4S/c1-10-9-22-14(20)17(10)5-4-12(18)16-8-13(19)15-7-11-3-2-6-21-11/h2-3,6,9H,4-5,7-8H2,1H3,(H,15,19)(H,16,18).